The standard InChI is InChI=1S/C23H26N2O5/c1-15(2)11-24-22(27)12-25-19-10-17(7-8-21(19)30-14-23(25)28)20(26)13-29-18-6-4-5-16(3)9-18/h4-10,15H,11-14H2,1-3H3,(H,24,27). The molecular weight excluding hydrogens is 384 g/mol. The van der Waals surface area contributed by atoms with Gasteiger partial charge >= 0.3 is 0 Å². The van der Waals surface area contributed by atoms with Crippen LogP contribution in [-0.2, 0) is 9.59 Å². The minimum Gasteiger partial charge on any atom is -0.485 e. The molecule has 1 heterocycles. The fraction of sp³-hybridized carbons (Fsp3) is 0.348. The van der Waals surface area contributed by atoms with Crippen LogP contribution in [0.3, 0.4) is 0 Å². The van der Waals surface area contributed by atoms with Crippen molar-refractivity contribution in [1.29, 1.82) is 0 Å². The predicted octanol–water partition coefficient (Wildman–Crippen LogP) is 2.75. The summed E-state index contributed by atoms with van der Waals surface area (Å²) in [5.41, 5.74) is 1.83. The molecular formula is C23H26N2O5. The fourth-order valence-electron chi connectivity index (χ4n) is 3.00. The van der Waals surface area contributed by atoms with Crippen LogP contribution in [0.2, 0.25) is 0 Å². The van der Waals surface area contributed by atoms with E-state index in [9.17, 15) is 14.4 Å². The third-order valence-electron chi connectivity index (χ3n) is 4.59. The number of nitrogens with zero attached hydrogens (tertiary/aromatic N) is 1. The van der Waals surface area contributed by atoms with Gasteiger partial charge in [0.05, 0.1) is 5.69 Å². The quantitative estimate of drug-likeness (QED) is 0.677. The van der Waals surface area contributed by atoms with E-state index < -0.39 is 0 Å². The molecule has 7 nitrogen and oxygen atoms in total. The highest BCUT2D eigenvalue weighted by Crippen LogP contribution is 2.33. The molecule has 1 N–H and O–H groups in total. The lowest BCUT2D eigenvalue weighted by molar-refractivity contribution is -0.125. The number of anilines is 1. The topological polar surface area (TPSA) is 84.9 Å². The maximum Gasteiger partial charge on any atom is 0.265 e. The molecule has 0 spiro atoms. The molecule has 1 aliphatic heterocycles. The Kier molecular flexibility index (Phi) is 6.72. The Balaban J connectivity index is 1.73. The van der Waals surface area contributed by atoms with Gasteiger partial charge in [-0.2, -0.15) is 0 Å². The summed E-state index contributed by atoms with van der Waals surface area (Å²) in [5, 5.41) is 2.80. The minimum atomic E-state index is -0.331. The van der Waals surface area contributed by atoms with Crippen molar-refractivity contribution in [3.63, 3.8) is 0 Å². The summed E-state index contributed by atoms with van der Waals surface area (Å²) < 4.78 is 11.0. The Morgan fingerprint density at radius 2 is 2.00 bits per heavy atom. The second kappa shape index (κ2) is 9.43. The first kappa shape index (κ1) is 21.4. The molecule has 0 radical (unpaired) electrons. The Morgan fingerprint density at radius 3 is 2.73 bits per heavy atom. The summed E-state index contributed by atoms with van der Waals surface area (Å²) in [7, 11) is 0. The Hall–Kier alpha value is -3.35. The number of ketones is 1. The van der Waals surface area contributed by atoms with Gasteiger partial charge in [-0.05, 0) is 48.7 Å². The van der Waals surface area contributed by atoms with Gasteiger partial charge in [-0.15, -0.1) is 0 Å². The zero-order chi connectivity index (χ0) is 21.7. The van der Waals surface area contributed by atoms with Crippen molar-refractivity contribution >= 4 is 23.3 Å². The Bertz CT molecular complexity index is 954. The van der Waals surface area contributed by atoms with Gasteiger partial charge in [-0.3, -0.25) is 19.3 Å². The second-order valence-electron chi connectivity index (χ2n) is 7.68. The molecule has 0 atom stereocenters. The van der Waals surface area contributed by atoms with E-state index in [4.69, 9.17) is 9.47 Å². The number of carbonyl (C=O) groups excluding carboxylic acids is 3. The lowest BCUT2D eigenvalue weighted by atomic mass is 10.1. The summed E-state index contributed by atoms with van der Waals surface area (Å²) >= 11 is 0. The van der Waals surface area contributed by atoms with Gasteiger partial charge in [0.25, 0.3) is 5.91 Å². The van der Waals surface area contributed by atoms with Crippen LogP contribution in [0, 0.1) is 12.8 Å². The number of nitrogens with one attached hydrogen (secondary N) is 1. The first-order chi connectivity index (χ1) is 14.3. The zero-order valence-electron chi connectivity index (χ0n) is 17.4. The monoisotopic (exact) mass is 410 g/mol. The highest BCUT2D eigenvalue weighted by molar-refractivity contribution is 6.04. The van der Waals surface area contributed by atoms with Gasteiger partial charge in [0.1, 0.15) is 18.0 Å². The largest absolute Gasteiger partial charge is 0.485 e. The zero-order valence-corrected chi connectivity index (χ0v) is 17.4. The maximum absolute atomic E-state index is 12.6. The molecule has 0 saturated carbocycles. The van der Waals surface area contributed by atoms with E-state index in [0.29, 0.717) is 35.2 Å². The summed E-state index contributed by atoms with van der Waals surface area (Å²) in [6.07, 6.45) is 0. The van der Waals surface area contributed by atoms with E-state index in [2.05, 4.69) is 5.32 Å². The number of fused-ring (bicyclic) bond motifs is 1. The SMILES string of the molecule is Cc1cccc(OCC(=O)c2ccc3c(c2)N(CC(=O)NCC(C)C)C(=O)CO3)c1. The molecule has 30 heavy (non-hydrogen) atoms. The molecule has 2 aromatic rings. The molecule has 0 fully saturated rings. The van der Waals surface area contributed by atoms with E-state index in [0.717, 1.165) is 5.56 Å². The van der Waals surface area contributed by atoms with Crippen LogP contribution in [0.1, 0.15) is 29.8 Å². The number of carbonyl (C=O) groups is 3. The molecule has 2 aromatic carbocycles. The van der Waals surface area contributed by atoms with E-state index in [1.54, 1.807) is 24.3 Å². The number of Topliss-reactive ketones (excluding diaryl/α,β-unsaturated/α-hetero) is 1. The van der Waals surface area contributed by atoms with E-state index in [-0.39, 0.29) is 37.4 Å². The number of benzene rings is 2. The normalized spacial score (nSPS) is 12.9. The number of hydrogen-bond donors (Lipinski definition) is 1. The molecule has 2 amide bonds. The third kappa shape index (κ3) is 5.37. The lowest BCUT2D eigenvalue weighted by Crippen LogP contribution is -2.45. The van der Waals surface area contributed by atoms with Crippen molar-refractivity contribution in [3.05, 3.63) is 53.6 Å². The predicted molar refractivity (Wildman–Crippen MR) is 113 cm³/mol. The Labute approximate surface area is 176 Å². The van der Waals surface area contributed by atoms with Crippen LogP contribution in [0.15, 0.2) is 42.5 Å². The highest BCUT2D eigenvalue weighted by atomic mass is 16.5. The molecule has 0 saturated heterocycles. The first-order valence-corrected chi connectivity index (χ1v) is 9.90. The van der Waals surface area contributed by atoms with Gasteiger partial charge in [-0.1, -0.05) is 26.0 Å². The highest BCUT2D eigenvalue weighted by Gasteiger charge is 2.28. The summed E-state index contributed by atoms with van der Waals surface area (Å²) in [6, 6.07) is 12.3. The summed E-state index contributed by atoms with van der Waals surface area (Å²) in [4.78, 5) is 38.6. The number of hydrogen-bond acceptors (Lipinski definition) is 5. The number of rotatable bonds is 8. The second-order valence-corrected chi connectivity index (χ2v) is 7.68. The lowest BCUT2D eigenvalue weighted by Gasteiger charge is -2.29. The number of ether oxygens (including phenoxy) is 2. The smallest absolute Gasteiger partial charge is 0.265 e. The molecule has 1 aliphatic rings. The van der Waals surface area contributed by atoms with Gasteiger partial charge in [0, 0.05) is 12.1 Å². The van der Waals surface area contributed by atoms with Gasteiger partial charge in [-0.25, -0.2) is 0 Å². The first-order valence-electron chi connectivity index (χ1n) is 9.90. The summed E-state index contributed by atoms with van der Waals surface area (Å²) in [5.74, 6) is 0.554. The van der Waals surface area contributed by atoms with E-state index in [1.165, 1.54) is 4.90 Å². The third-order valence-corrected chi connectivity index (χ3v) is 4.59. The molecule has 7 heteroatoms. The van der Waals surface area contributed by atoms with Crippen molar-refractivity contribution in [2.24, 2.45) is 5.92 Å². The molecule has 158 valence electrons. The molecule has 3 rings (SSSR count). The van der Waals surface area contributed by atoms with Gasteiger partial charge in [0.15, 0.2) is 19.0 Å². The van der Waals surface area contributed by atoms with Gasteiger partial charge < -0.3 is 14.8 Å². The van der Waals surface area contributed by atoms with Crippen molar-refractivity contribution in [2.75, 3.05) is 31.2 Å². The molecule has 0 aromatic heterocycles. The van der Waals surface area contributed by atoms with E-state index >= 15 is 0 Å². The fourth-order valence-corrected chi connectivity index (χ4v) is 3.00. The average molecular weight is 410 g/mol. The molecule has 0 aliphatic carbocycles. The maximum atomic E-state index is 12.6. The van der Waals surface area contributed by atoms with Crippen molar-refractivity contribution in [1.82, 2.24) is 5.32 Å². The average Bonchev–Trinajstić information content (AvgIpc) is 2.72. The van der Waals surface area contributed by atoms with Crippen LogP contribution < -0.4 is 19.7 Å². The number of amides is 2. The number of aryl methyl sites for hydroxylation is 1. The minimum absolute atomic E-state index is 0.126. The van der Waals surface area contributed by atoms with Crippen LogP contribution in [0.25, 0.3) is 0 Å². The van der Waals surface area contributed by atoms with E-state index in [1.807, 2.05) is 39.0 Å². The van der Waals surface area contributed by atoms with Crippen molar-refractivity contribution in [3.8, 4) is 11.5 Å². The van der Waals surface area contributed by atoms with Crippen LogP contribution >= 0.6 is 0 Å². The molecule has 0 bridgehead atoms. The molecule has 0 unspecified atom stereocenters. The van der Waals surface area contributed by atoms with Crippen molar-refractivity contribution in [2.45, 2.75) is 20.8 Å². The van der Waals surface area contributed by atoms with Crippen LogP contribution in [-0.4, -0.2) is 43.9 Å². The summed E-state index contributed by atoms with van der Waals surface area (Å²) in [6.45, 7) is 6.05. The van der Waals surface area contributed by atoms with Crippen LogP contribution in [0.5, 0.6) is 11.5 Å². The Morgan fingerprint density at radius 1 is 1.20 bits per heavy atom. The van der Waals surface area contributed by atoms with Gasteiger partial charge in [0.2, 0.25) is 5.91 Å². The van der Waals surface area contributed by atoms with Crippen LogP contribution in [0.4, 0.5) is 5.69 Å². The van der Waals surface area contributed by atoms with Crippen molar-refractivity contribution < 1.29 is 23.9 Å².